The van der Waals surface area contributed by atoms with Crippen molar-refractivity contribution in [1.82, 2.24) is 0 Å². The highest BCUT2D eigenvalue weighted by atomic mass is 35.8. The van der Waals surface area contributed by atoms with Crippen molar-refractivity contribution in [3.63, 3.8) is 0 Å². The fourth-order valence-electron chi connectivity index (χ4n) is 1.41. The van der Waals surface area contributed by atoms with Crippen LogP contribution in [-0.2, 0) is 23.7 Å². The molecule has 0 rings (SSSR count). The minimum absolute atomic E-state index is 0.0483. The minimum atomic E-state index is -4.53. The summed E-state index contributed by atoms with van der Waals surface area (Å²) in [5.41, 5.74) is -0.398. The van der Waals surface area contributed by atoms with Crippen molar-refractivity contribution in [2.24, 2.45) is 0 Å². The van der Waals surface area contributed by atoms with E-state index in [1.165, 1.54) is 0 Å². The summed E-state index contributed by atoms with van der Waals surface area (Å²) < 4.78 is 55.0. The van der Waals surface area contributed by atoms with Gasteiger partial charge in [0, 0.05) is 0 Å². The monoisotopic (exact) mass is 434 g/mol. The van der Waals surface area contributed by atoms with Gasteiger partial charge in [0.25, 0.3) is 0 Å². The van der Waals surface area contributed by atoms with E-state index < -0.39 is 30.5 Å². The van der Waals surface area contributed by atoms with Crippen LogP contribution in [-0.4, -0.2) is 63.5 Å². The lowest BCUT2D eigenvalue weighted by atomic mass is 10.4. The molecule has 144 valence electrons. The first kappa shape index (κ1) is 24.2. The zero-order valence-electron chi connectivity index (χ0n) is 13.0. The van der Waals surface area contributed by atoms with E-state index in [1.807, 2.05) is 6.92 Å². The minimum Gasteiger partial charge on any atom is -0.456 e. The summed E-state index contributed by atoms with van der Waals surface area (Å²) in [5, 5.41) is 0. The molecule has 0 aliphatic rings. The molecule has 24 heavy (non-hydrogen) atoms. The average molecular weight is 436 g/mol. The molecular formula is C12H20Cl3F3O5Si. The molecule has 0 aliphatic carbocycles. The van der Waals surface area contributed by atoms with Crippen LogP contribution >= 0.6 is 33.2 Å². The number of alkyl halides is 3. The average Bonchev–Trinajstić information content (AvgIpc) is 2.45. The summed E-state index contributed by atoms with van der Waals surface area (Å²) in [6.07, 6.45) is -4.19. The van der Waals surface area contributed by atoms with Gasteiger partial charge in [0.15, 0.2) is 6.61 Å². The second kappa shape index (κ2) is 12.6. The van der Waals surface area contributed by atoms with E-state index in [2.05, 4.69) is 4.74 Å². The third-order valence-corrected chi connectivity index (χ3v) is 6.00. The van der Waals surface area contributed by atoms with Crippen molar-refractivity contribution in [1.29, 1.82) is 0 Å². The Labute approximate surface area is 153 Å². The number of halogens is 6. The normalized spacial score (nSPS) is 13.8. The Hall–Kier alpha value is 0.227. The molecule has 0 aromatic rings. The quantitative estimate of drug-likeness (QED) is 0.192. The van der Waals surface area contributed by atoms with Crippen molar-refractivity contribution < 1.29 is 36.9 Å². The van der Waals surface area contributed by atoms with Gasteiger partial charge in [0.05, 0.1) is 45.2 Å². The molecule has 12 heteroatoms. The molecule has 1 atom stereocenters. The summed E-state index contributed by atoms with van der Waals surface area (Å²) in [5.74, 6) is -0.969. The largest absolute Gasteiger partial charge is 0.456 e. The summed E-state index contributed by atoms with van der Waals surface area (Å²) >= 11 is 17.6. The van der Waals surface area contributed by atoms with Crippen molar-refractivity contribution in [2.45, 2.75) is 31.7 Å². The Morgan fingerprint density at radius 3 is 2.08 bits per heavy atom. The second-order valence-electron chi connectivity index (χ2n) is 4.56. The predicted octanol–water partition coefficient (Wildman–Crippen LogP) is 3.50. The highest BCUT2D eigenvalue weighted by molar-refractivity contribution is 7.65. The van der Waals surface area contributed by atoms with Crippen molar-refractivity contribution in [2.75, 3.05) is 39.6 Å². The Morgan fingerprint density at radius 2 is 1.58 bits per heavy atom. The van der Waals surface area contributed by atoms with E-state index in [4.69, 9.17) is 47.4 Å². The van der Waals surface area contributed by atoms with E-state index in [1.54, 1.807) is 0 Å². The highest BCUT2D eigenvalue weighted by Gasteiger charge is 2.36. The van der Waals surface area contributed by atoms with Gasteiger partial charge in [-0.3, -0.25) is 4.79 Å². The molecule has 0 radical (unpaired) electrons. The molecule has 1 unspecified atom stereocenters. The Balaban J connectivity index is 3.47. The van der Waals surface area contributed by atoms with Crippen LogP contribution in [0.15, 0.2) is 0 Å². The molecule has 0 aliphatic heterocycles. The van der Waals surface area contributed by atoms with Crippen LogP contribution in [0.3, 0.4) is 0 Å². The van der Waals surface area contributed by atoms with E-state index >= 15 is 0 Å². The molecule has 0 bridgehead atoms. The summed E-state index contributed by atoms with van der Waals surface area (Å²) in [7, 11) is 0. The van der Waals surface area contributed by atoms with E-state index in [-0.39, 0.29) is 39.5 Å². The van der Waals surface area contributed by atoms with Crippen LogP contribution in [0.25, 0.3) is 0 Å². The lowest BCUT2D eigenvalue weighted by molar-refractivity contribution is -0.186. The number of carbonyl (C=O) groups is 1. The maximum atomic E-state index is 11.8. The molecule has 0 fully saturated rings. The van der Waals surface area contributed by atoms with Crippen LogP contribution in [0.2, 0.25) is 0 Å². The lowest BCUT2D eigenvalue weighted by Gasteiger charge is -2.21. The highest BCUT2D eigenvalue weighted by Crippen LogP contribution is 2.28. The summed E-state index contributed by atoms with van der Waals surface area (Å²) in [6.45, 7) is 1.18. The van der Waals surface area contributed by atoms with Crippen molar-refractivity contribution in [3.8, 4) is 0 Å². The standard InChI is InChI=1S/C12H20Cl3F3O5Si/c1-2-11(24(13,14)15)22-8-7-21-6-5-20-4-3-10(19)23-9-12(16,17)18/h11H,2-9H2,1H3. The fraction of sp³-hybridized carbons (Fsp3) is 0.917. The zero-order chi connectivity index (χ0) is 18.6. The van der Waals surface area contributed by atoms with Crippen molar-refractivity contribution >= 4 is 45.2 Å². The van der Waals surface area contributed by atoms with Gasteiger partial charge >= 0.3 is 18.1 Å². The molecule has 0 spiro atoms. The predicted molar refractivity (Wildman–Crippen MR) is 86.6 cm³/mol. The molecule has 0 aromatic heterocycles. The van der Waals surface area contributed by atoms with Crippen LogP contribution < -0.4 is 0 Å². The van der Waals surface area contributed by atoms with Gasteiger partial charge in [-0.2, -0.15) is 13.2 Å². The van der Waals surface area contributed by atoms with Crippen LogP contribution in [0.5, 0.6) is 0 Å². The van der Waals surface area contributed by atoms with Crippen LogP contribution in [0.4, 0.5) is 13.2 Å². The first-order valence-corrected chi connectivity index (χ1v) is 12.2. The molecule has 0 saturated carbocycles. The molecule has 0 heterocycles. The second-order valence-corrected chi connectivity index (χ2v) is 13.4. The molecule has 0 saturated heterocycles. The first-order valence-electron chi connectivity index (χ1n) is 7.12. The van der Waals surface area contributed by atoms with Crippen LogP contribution in [0, 0.1) is 0 Å². The van der Waals surface area contributed by atoms with Crippen LogP contribution in [0.1, 0.15) is 19.8 Å². The number of hydrogen-bond donors (Lipinski definition) is 0. The van der Waals surface area contributed by atoms with E-state index in [0.717, 1.165) is 0 Å². The molecule has 0 amide bonds. The van der Waals surface area contributed by atoms with Gasteiger partial charge < -0.3 is 18.9 Å². The number of rotatable bonds is 13. The Morgan fingerprint density at radius 1 is 1.04 bits per heavy atom. The van der Waals surface area contributed by atoms with Gasteiger partial charge in [-0.15, -0.1) is 33.2 Å². The summed E-state index contributed by atoms with van der Waals surface area (Å²) in [6, 6.07) is -2.90. The SMILES string of the molecule is CCC(OCCOCCOCCC(=O)OCC(F)(F)F)[Si](Cl)(Cl)Cl. The van der Waals surface area contributed by atoms with Crippen molar-refractivity contribution in [3.05, 3.63) is 0 Å². The first-order chi connectivity index (χ1) is 11.1. The maximum absolute atomic E-state index is 11.8. The third-order valence-electron chi connectivity index (χ3n) is 2.50. The van der Waals surface area contributed by atoms with E-state index in [9.17, 15) is 18.0 Å². The smallest absolute Gasteiger partial charge is 0.422 e. The number of esters is 1. The molecule has 5 nitrogen and oxygen atoms in total. The zero-order valence-corrected chi connectivity index (χ0v) is 16.3. The molecular weight excluding hydrogens is 416 g/mol. The topological polar surface area (TPSA) is 54.0 Å². The third kappa shape index (κ3) is 14.6. The van der Waals surface area contributed by atoms with Gasteiger partial charge in [-0.1, -0.05) is 6.92 Å². The maximum Gasteiger partial charge on any atom is 0.422 e. The number of carbonyl (C=O) groups excluding carboxylic acids is 1. The Kier molecular flexibility index (Phi) is 12.7. The Bertz CT molecular complexity index is 356. The van der Waals surface area contributed by atoms with Gasteiger partial charge in [0.2, 0.25) is 0 Å². The van der Waals surface area contributed by atoms with Gasteiger partial charge in [-0.05, 0) is 6.42 Å². The lowest BCUT2D eigenvalue weighted by Crippen LogP contribution is -2.34. The number of hydrogen-bond acceptors (Lipinski definition) is 5. The number of ether oxygens (including phenoxy) is 4. The molecule has 0 aromatic carbocycles. The van der Waals surface area contributed by atoms with Gasteiger partial charge in [-0.25, -0.2) is 0 Å². The van der Waals surface area contributed by atoms with E-state index in [0.29, 0.717) is 6.42 Å². The summed E-state index contributed by atoms with van der Waals surface area (Å²) in [4.78, 5) is 11.0. The van der Waals surface area contributed by atoms with Gasteiger partial charge in [0.1, 0.15) is 0 Å². The molecule has 0 N–H and O–H groups in total. The fourth-order valence-corrected chi connectivity index (χ4v) is 4.13.